The van der Waals surface area contributed by atoms with Crippen molar-refractivity contribution in [3.8, 4) is 11.3 Å². The molecule has 0 radical (unpaired) electrons. The average molecular weight is 495 g/mol. The summed E-state index contributed by atoms with van der Waals surface area (Å²) in [5.41, 5.74) is 1.91. The molecule has 2 aliphatic rings. The first-order valence-corrected chi connectivity index (χ1v) is 13.6. The van der Waals surface area contributed by atoms with Crippen LogP contribution in [0.5, 0.6) is 0 Å². The lowest BCUT2D eigenvalue weighted by molar-refractivity contribution is -0.140. The van der Waals surface area contributed by atoms with Crippen LogP contribution >= 0.6 is 0 Å². The number of sulfonamides is 1. The molecule has 1 saturated carbocycles. The van der Waals surface area contributed by atoms with Crippen LogP contribution in [0.2, 0.25) is 0 Å². The molecular weight excluding hydrogens is 464 g/mol. The van der Waals surface area contributed by atoms with Crippen LogP contribution in [0.1, 0.15) is 37.3 Å². The summed E-state index contributed by atoms with van der Waals surface area (Å²) in [5, 5.41) is 3.40. The van der Waals surface area contributed by atoms with Gasteiger partial charge in [-0.3, -0.25) is 4.79 Å². The summed E-state index contributed by atoms with van der Waals surface area (Å²) in [6.07, 6.45) is 5.59. The van der Waals surface area contributed by atoms with Gasteiger partial charge in [-0.2, -0.15) is 0 Å². The van der Waals surface area contributed by atoms with Crippen LogP contribution < -0.4 is 10.0 Å². The molecule has 1 amide bonds. The molecule has 0 spiro atoms. The first kappa shape index (κ1) is 23.7. The van der Waals surface area contributed by atoms with E-state index < -0.39 is 10.0 Å². The fourth-order valence-corrected chi connectivity index (χ4v) is 6.38. The van der Waals surface area contributed by atoms with Crippen molar-refractivity contribution < 1.29 is 17.6 Å². The number of hydrogen-bond donors (Lipinski definition) is 2. The highest BCUT2D eigenvalue weighted by Gasteiger charge is 2.35. The van der Waals surface area contributed by atoms with Crippen molar-refractivity contribution >= 4 is 15.9 Å². The summed E-state index contributed by atoms with van der Waals surface area (Å²) in [4.78, 5) is 19.5. The Balaban J connectivity index is 1.19. The SMILES string of the molecule is O=C(C1CCC(NS(=O)(=O)c2ccc(-c3cnco3)cc2)CC1)N1CCNCC1c1ccccc1. The first-order valence-electron chi connectivity index (χ1n) is 12.1. The second kappa shape index (κ2) is 10.3. The van der Waals surface area contributed by atoms with Crippen molar-refractivity contribution in [2.45, 2.75) is 42.7 Å². The summed E-state index contributed by atoms with van der Waals surface area (Å²) < 4.78 is 34.0. The number of amides is 1. The zero-order valence-corrected chi connectivity index (χ0v) is 20.3. The van der Waals surface area contributed by atoms with E-state index >= 15 is 0 Å². The molecule has 8 nitrogen and oxygen atoms in total. The molecule has 2 fully saturated rings. The molecule has 184 valence electrons. The fourth-order valence-electron chi connectivity index (χ4n) is 5.08. The fraction of sp³-hybridized carbons (Fsp3) is 0.385. The number of carbonyl (C=O) groups excluding carboxylic acids is 1. The van der Waals surface area contributed by atoms with Crippen LogP contribution in [-0.2, 0) is 14.8 Å². The Morgan fingerprint density at radius 1 is 1.03 bits per heavy atom. The summed E-state index contributed by atoms with van der Waals surface area (Å²) in [6.45, 7) is 2.23. The third-order valence-corrected chi connectivity index (χ3v) is 8.53. The van der Waals surface area contributed by atoms with Crippen LogP contribution in [0.4, 0.5) is 0 Å². The summed E-state index contributed by atoms with van der Waals surface area (Å²) in [7, 11) is -3.65. The van der Waals surface area contributed by atoms with E-state index in [1.54, 1.807) is 30.5 Å². The molecule has 5 rings (SSSR count). The molecule has 1 atom stereocenters. The number of piperazine rings is 1. The molecule has 1 aliphatic carbocycles. The van der Waals surface area contributed by atoms with E-state index in [-0.39, 0.29) is 28.8 Å². The van der Waals surface area contributed by atoms with Crippen molar-refractivity contribution in [1.82, 2.24) is 19.9 Å². The van der Waals surface area contributed by atoms with Gasteiger partial charge in [0.1, 0.15) is 0 Å². The monoisotopic (exact) mass is 494 g/mol. The standard InChI is InChI=1S/C26H30N4O4S/c31-26(30-15-14-27-16-24(30)19-4-2-1-3-5-19)21-6-10-22(11-7-21)29-35(32,33)23-12-8-20(9-13-23)25-17-28-18-34-25/h1-5,8-9,12-13,17-18,21-22,24,27,29H,6-7,10-11,14-16H2. The molecule has 1 aliphatic heterocycles. The third kappa shape index (κ3) is 5.32. The second-order valence-electron chi connectivity index (χ2n) is 9.22. The van der Waals surface area contributed by atoms with Crippen LogP contribution in [0.15, 0.2) is 76.5 Å². The summed E-state index contributed by atoms with van der Waals surface area (Å²) in [5.74, 6) is 0.704. The van der Waals surface area contributed by atoms with Gasteiger partial charge < -0.3 is 14.6 Å². The molecule has 35 heavy (non-hydrogen) atoms. The normalized spacial score (nSPS) is 23.2. The van der Waals surface area contributed by atoms with Crippen LogP contribution in [0.25, 0.3) is 11.3 Å². The predicted octanol–water partition coefficient (Wildman–Crippen LogP) is 3.35. The van der Waals surface area contributed by atoms with Gasteiger partial charge in [0.15, 0.2) is 12.2 Å². The Hall–Kier alpha value is -3.01. The quantitative estimate of drug-likeness (QED) is 0.545. The van der Waals surface area contributed by atoms with Crippen molar-refractivity contribution in [2.24, 2.45) is 5.92 Å². The Morgan fingerprint density at radius 2 is 1.77 bits per heavy atom. The van der Waals surface area contributed by atoms with Gasteiger partial charge in [-0.05, 0) is 55.5 Å². The van der Waals surface area contributed by atoms with E-state index in [4.69, 9.17) is 4.42 Å². The highest BCUT2D eigenvalue weighted by Crippen LogP contribution is 2.31. The summed E-state index contributed by atoms with van der Waals surface area (Å²) >= 11 is 0. The van der Waals surface area contributed by atoms with Crippen molar-refractivity contribution in [3.05, 3.63) is 72.8 Å². The highest BCUT2D eigenvalue weighted by molar-refractivity contribution is 7.89. The van der Waals surface area contributed by atoms with Crippen LogP contribution in [-0.4, -0.2) is 49.9 Å². The smallest absolute Gasteiger partial charge is 0.240 e. The van der Waals surface area contributed by atoms with Gasteiger partial charge in [-0.1, -0.05) is 30.3 Å². The largest absolute Gasteiger partial charge is 0.444 e. The Labute approximate surface area is 205 Å². The molecule has 9 heteroatoms. The molecular formula is C26H30N4O4S. The zero-order chi connectivity index (χ0) is 24.3. The van der Waals surface area contributed by atoms with E-state index in [9.17, 15) is 13.2 Å². The molecule has 2 N–H and O–H groups in total. The average Bonchev–Trinajstić information content (AvgIpc) is 3.44. The number of carbonyl (C=O) groups is 1. The third-order valence-electron chi connectivity index (χ3n) is 6.99. The van der Waals surface area contributed by atoms with Crippen molar-refractivity contribution in [1.29, 1.82) is 0 Å². The lowest BCUT2D eigenvalue weighted by Crippen LogP contribution is -2.51. The predicted molar refractivity (Wildman–Crippen MR) is 132 cm³/mol. The Bertz CT molecular complexity index is 1220. The number of rotatable bonds is 6. The molecule has 2 heterocycles. The Kier molecular flexibility index (Phi) is 6.99. The van der Waals surface area contributed by atoms with Gasteiger partial charge in [0.2, 0.25) is 15.9 Å². The van der Waals surface area contributed by atoms with Gasteiger partial charge in [0, 0.05) is 37.2 Å². The van der Waals surface area contributed by atoms with Crippen LogP contribution in [0, 0.1) is 5.92 Å². The number of benzene rings is 2. The number of aromatic nitrogens is 1. The maximum atomic E-state index is 13.4. The number of nitrogens with zero attached hydrogens (tertiary/aromatic N) is 2. The molecule has 2 aromatic carbocycles. The lowest BCUT2D eigenvalue weighted by atomic mass is 9.85. The minimum Gasteiger partial charge on any atom is -0.444 e. The number of nitrogens with one attached hydrogen (secondary N) is 2. The van der Waals surface area contributed by atoms with Gasteiger partial charge in [-0.25, -0.2) is 18.1 Å². The number of hydrogen-bond acceptors (Lipinski definition) is 6. The van der Waals surface area contributed by atoms with Gasteiger partial charge >= 0.3 is 0 Å². The topological polar surface area (TPSA) is 105 Å². The zero-order valence-electron chi connectivity index (χ0n) is 19.5. The molecule has 1 unspecified atom stereocenters. The van der Waals surface area contributed by atoms with E-state index in [1.165, 1.54) is 6.39 Å². The highest BCUT2D eigenvalue weighted by atomic mass is 32.2. The van der Waals surface area contributed by atoms with Crippen molar-refractivity contribution in [2.75, 3.05) is 19.6 Å². The van der Waals surface area contributed by atoms with Gasteiger partial charge in [-0.15, -0.1) is 0 Å². The molecule has 0 bridgehead atoms. The van der Waals surface area contributed by atoms with E-state index in [1.807, 2.05) is 23.1 Å². The minimum absolute atomic E-state index is 0.0357. The minimum atomic E-state index is -3.65. The molecule has 1 saturated heterocycles. The van der Waals surface area contributed by atoms with Crippen LogP contribution in [0.3, 0.4) is 0 Å². The van der Waals surface area contributed by atoms with Gasteiger partial charge in [0.05, 0.1) is 17.1 Å². The molecule has 1 aromatic heterocycles. The number of oxazole rings is 1. The van der Waals surface area contributed by atoms with E-state index in [0.29, 0.717) is 38.0 Å². The first-order chi connectivity index (χ1) is 17.0. The maximum Gasteiger partial charge on any atom is 0.240 e. The van der Waals surface area contributed by atoms with Crippen molar-refractivity contribution in [3.63, 3.8) is 0 Å². The van der Waals surface area contributed by atoms with Gasteiger partial charge in [0.25, 0.3) is 0 Å². The maximum absolute atomic E-state index is 13.4. The second-order valence-corrected chi connectivity index (χ2v) is 10.9. The van der Waals surface area contributed by atoms with E-state index in [0.717, 1.165) is 24.2 Å². The Morgan fingerprint density at radius 3 is 2.46 bits per heavy atom. The molecule has 3 aromatic rings. The summed E-state index contributed by atoms with van der Waals surface area (Å²) in [6, 6.07) is 16.6. The lowest BCUT2D eigenvalue weighted by Gasteiger charge is -2.40. The van der Waals surface area contributed by atoms with E-state index in [2.05, 4.69) is 27.2 Å².